The summed E-state index contributed by atoms with van der Waals surface area (Å²) in [5.74, 6) is 0.539. The van der Waals surface area contributed by atoms with Crippen LogP contribution in [0.2, 0.25) is 5.02 Å². The summed E-state index contributed by atoms with van der Waals surface area (Å²) in [5.41, 5.74) is 3.30. The largest absolute Gasteiger partial charge is 0.492 e. The number of allylic oxidation sites excluding steroid dienone is 1. The third-order valence-corrected chi connectivity index (χ3v) is 7.26. The molecule has 0 aliphatic carbocycles. The number of halogens is 1. The van der Waals surface area contributed by atoms with Crippen LogP contribution in [-0.2, 0) is 9.84 Å². The van der Waals surface area contributed by atoms with Gasteiger partial charge in [-0.1, -0.05) is 47.5 Å². The number of ether oxygens (including phenoxy) is 1. The van der Waals surface area contributed by atoms with Crippen LogP contribution in [0.15, 0.2) is 88.8 Å². The van der Waals surface area contributed by atoms with Gasteiger partial charge in [-0.05, 0) is 62.4 Å². The summed E-state index contributed by atoms with van der Waals surface area (Å²) in [6.07, 6.45) is 3.04. The summed E-state index contributed by atoms with van der Waals surface area (Å²) >= 11 is 6.41. The smallest absolute Gasteiger partial charge is 0.216 e. The second-order valence-corrected chi connectivity index (χ2v) is 10.1. The lowest BCUT2D eigenvalue weighted by Crippen LogP contribution is -2.03. The van der Waals surface area contributed by atoms with E-state index >= 15 is 0 Å². The average molecular weight is 504 g/mol. The molecule has 0 spiro atoms. The number of nitriles is 1. The number of sulfone groups is 1. The maximum atomic E-state index is 13.2. The Bertz CT molecular complexity index is 1540. The Morgan fingerprint density at radius 1 is 1.11 bits per heavy atom. The van der Waals surface area contributed by atoms with Gasteiger partial charge in [0.2, 0.25) is 9.84 Å². The van der Waals surface area contributed by atoms with Crippen LogP contribution < -0.4 is 4.74 Å². The minimum Gasteiger partial charge on any atom is -0.492 e. The quantitative estimate of drug-likeness (QED) is 0.279. The molecule has 0 unspecified atom stereocenters. The van der Waals surface area contributed by atoms with E-state index in [2.05, 4.69) is 5.10 Å². The van der Waals surface area contributed by atoms with E-state index in [0.29, 0.717) is 34.2 Å². The van der Waals surface area contributed by atoms with Crippen molar-refractivity contribution in [2.45, 2.75) is 18.7 Å². The van der Waals surface area contributed by atoms with Crippen LogP contribution in [0, 0.1) is 18.3 Å². The molecular weight excluding hydrogens is 482 g/mol. The molecule has 6 nitrogen and oxygen atoms in total. The molecule has 1 aromatic heterocycles. The van der Waals surface area contributed by atoms with Gasteiger partial charge < -0.3 is 4.74 Å². The minimum absolute atomic E-state index is 0.0528. The fourth-order valence-corrected chi connectivity index (χ4v) is 4.89. The Hall–Kier alpha value is -3.86. The Kier molecular flexibility index (Phi) is 7.06. The molecule has 0 aliphatic heterocycles. The van der Waals surface area contributed by atoms with Crippen molar-refractivity contribution in [1.82, 2.24) is 9.78 Å². The fraction of sp³-hybridized carbons (Fsp3) is 0.111. The van der Waals surface area contributed by atoms with Crippen molar-refractivity contribution in [2.24, 2.45) is 0 Å². The molecule has 0 amide bonds. The molecule has 0 bridgehead atoms. The predicted octanol–water partition coefficient (Wildman–Crippen LogP) is 6.24. The lowest BCUT2D eigenvalue weighted by molar-refractivity contribution is 0.340. The summed E-state index contributed by atoms with van der Waals surface area (Å²) in [6.45, 7) is 4.20. The highest BCUT2D eigenvalue weighted by atomic mass is 35.5. The van der Waals surface area contributed by atoms with Crippen LogP contribution >= 0.6 is 11.6 Å². The number of nitrogens with zero attached hydrogens (tertiary/aromatic N) is 3. The second kappa shape index (κ2) is 10.2. The second-order valence-electron chi connectivity index (χ2n) is 7.73. The highest BCUT2D eigenvalue weighted by molar-refractivity contribution is 7.95. The maximum absolute atomic E-state index is 13.2. The van der Waals surface area contributed by atoms with E-state index in [-0.39, 0.29) is 9.80 Å². The standard InChI is InChI=1S/C27H22ClN3O3S/c1-3-34-26-14-11-20(16-25(26)28)27-21(18-31(30-27)22-7-5-4-6-8-22)15-24(17-29)35(32,33)23-12-9-19(2)10-13-23/h4-16,18H,3H2,1-2H3. The summed E-state index contributed by atoms with van der Waals surface area (Å²) in [4.78, 5) is -0.329. The van der Waals surface area contributed by atoms with Gasteiger partial charge in [0, 0.05) is 17.3 Å². The maximum Gasteiger partial charge on any atom is 0.216 e. The molecule has 4 rings (SSSR count). The third kappa shape index (κ3) is 5.14. The Balaban J connectivity index is 1.88. The predicted molar refractivity (Wildman–Crippen MR) is 137 cm³/mol. The molecule has 0 atom stereocenters. The van der Waals surface area contributed by atoms with E-state index < -0.39 is 9.84 Å². The fourth-order valence-electron chi connectivity index (χ4n) is 3.51. The van der Waals surface area contributed by atoms with Gasteiger partial charge in [0.1, 0.15) is 22.4 Å². The number of hydrogen-bond acceptors (Lipinski definition) is 5. The van der Waals surface area contributed by atoms with Crippen molar-refractivity contribution in [3.05, 3.63) is 100 Å². The van der Waals surface area contributed by atoms with Crippen LogP contribution in [0.1, 0.15) is 18.1 Å². The van der Waals surface area contributed by atoms with Crippen LogP contribution in [0.4, 0.5) is 0 Å². The molecule has 0 saturated heterocycles. The van der Waals surface area contributed by atoms with Crippen molar-refractivity contribution in [2.75, 3.05) is 6.61 Å². The van der Waals surface area contributed by atoms with E-state index in [1.165, 1.54) is 18.2 Å². The van der Waals surface area contributed by atoms with Crippen molar-refractivity contribution in [1.29, 1.82) is 5.26 Å². The SMILES string of the molecule is CCOc1ccc(-c2nn(-c3ccccc3)cc2C=C(C#N)S(=O)(=O)c2ccc(C)cc2)cc1Cl. The van der Waals surface area contributed by atoms with Crippen molar-refractivity contribution in [3.63, 3.8) is 0 Å². The van der Waals surface area contributed by atoms with Crippen LogP contribution in [0.5, 0.6) is 5.75 Å². The number of aromatic nitrogens is 2. The number of hydrogen-bond donors (Lipinski definition) is 0. The summed E-state index contributed by atoms with van der Waals surface area (Å²) < 4.78 is 33.6. The van der Waals surface area contributed by atoms with E-state index in [4.69, 9.17) is 16.3 Å². The van der Waals surface area contributed by atoms with Crippen LogP contribution in [-0.4, -0.2) is 24.8 Å². The van der Waals surface area contributed by atoms with E-state index in [1.807, 2.05) is 50.2 Å². The first kappa shape index (κ1) is 24.3. The molecule has 0 fully saturated rings. The van der Waals surface area contributed by atoms with Crippen molar-refractivity contribution >= 4 is 27.5 Å². The van der Waals surface area contributed by atoms with Gasteiger partial charge in [0.15, 0.2) is 0 Å². The first-order chi connectivity index (χ1) is 16.8. The summed E-state index contributed by atoms with van der Waals surface area (Å²) in [7, 11) is -4.03. The zero-order chi connectivity index (χ0) is 25.0. The monoisotopic (exact) mass is 503 g/mol. The molecule has 0 aliphatic rings. The molecule has 176 valence electrons. The van der Waals surface area contributed by atoms with E-state index in [0.717, 1.165) is 11.3 Å². The van der Waals surface area contributed by atoms with Gasteiger partial charge in [-0.15, -0.1) is 0 Å². The minimum atomic E-state index is -4.03. The van der Waals surface area contributed by atoms with E-state index in [9.17, 15) is 13.7 Å². The molecule has 1 heterocycles. The van der Waals surface area contributed by atoms with Gasteiger partial charge in [0.25, 0.3) is 0 Å². The molecule has 0 N–H and O–H groups in total. The first-order valence-corrected chi connectivity index (χ1v) is 12.7. The van der Waals surface area contributed by atoms with Crippen LogP contribution in [0.25, 0.3) is 23.0 Å². The molecule has 4 aromatic rings. The summed E-state index contributed by atoms with van der Waals surface area (Å²) in [5, 5.41) is 14.9. The van der Waals surface area contributed by atoms with Gasteiger partial charge in [-0.3, -0.25) is 0 Å². The van der Waals surface area contributed by atoms with E-state index in [1.54, 1.807) is 41.2 Å². The van der Waals surface area contributed by atoms with Crippen molar-refractivity contribution < 1.29 is 13.2 Å². The normalized spacial score (nSPS) is 11.8. The average Bonchev–Trinajstić information content (AvgIpc) is 3.28. The Morgan fingerprint density at radius 3 is 2.46 bits per heavy atom. The molecule has 8 heteroatoms. The van der Waals surface area contributed by atoms with Crippen LogP contribution in [0.3, 0.4) is 0 Å². The zero-order valence-corrected chi connectivity index (χ0v) is 20.7. The molecule has 0 saturated carbocycles. The van der Waals surface area contributed by atoms with Gasteiger partial charge in [-0.2, -0.15) is 10.4 Å². The highest BCUT2D eigenvalue weighted by Crippen LogP contribution is 2.33. The highest BCUT2D eigenvalue weighted by Gasteiger charge is 2.22. The Labute approximate surface area is 209 Å². The topological polar surface area (TPSA) is 85.0 Å². The number of para-hydroxylation sites is 1. The number of rotatable bonds is 7. The van der Waals surface area contributed by atoms with Gasteiger partial charge in [-0.25, -0.2) is 13.1 Å². The molecular formula is C27H22ClN3O3S. The Morgan fingerprint density at radius 2 is 1.83 bits per heavy atom. The zero-order valence-electron chi connectivity index (χ0n) is 19.1. The third-order valence-electron chi connectivity index (χ3n) is 5.29. The number of benzene rings is 3. The lowest BCUT2D eigenvalue weighted by atomic mass is 10.1. The van der Waals surface area contributed by atoms with Gasteiger partial charge in [0.05, 0.1) is 22.2 Å². The van der Waals surface area contributed by atoms with Gasteiger partial charge >= 0.3 is 0 Å². The number of aryl methyl sites for hydroxylation is 1. The lowest BCUT2D eigenvalue weighted by Gasteiger charge is -2.07. The molecule has 3 aromatic carbocycles. The van der Waals surface area contributed by atoms with Crippen molar-refractivity contribution in [3.8, 4) is 28.8 Å². The molecule has 0 radical (unpaired) electrons. The first-order valence-electron chi connectivity index (χ1n) is 10.8. The summed E-state index contributed by atoms with van der Waals surface area (Å²) in [6, 6.07) is 22.9. The molecule has 35 heavy (non-hydrogen) atoms.